The maximum Gasteiger partial charge on any atom is 0.221 e. The summed E-state index contributed by atoms with van der Waals surface area (Å²) in [4.78, 5) is 11.3. The van der Waals surface area contributed by atoms with Crippen molar-refractivity contribution in [2.45, 2.75) is 25.8 Å². The number of carbonyl (C=O) groups is 1. The van der Waals surface area contributed by atoms with Crippen molar-refractivity contribution in [2.24, 2.45) is 5.73 Å². The van der Waals surface area contributed by atoms with Crippen LogP contribution < -0.4 is 11.1 Å². The third-order valence-electron chi connectivity index (χ3n) is 1.62. The van der Waals surface area contributed by atoms with Crippen LogP contribution in [0.4, 0.5) is 0 Å². The normalized spacial score (nSPS) is 11.5. The molecule has 0 fully saturated rings. The Hall–Kier alpha value is -0.650. The van der Waals surface area contributed by atoms with Crippen LogP contribution in [0.3, 0.4) is 0 Å². The molecule has 0 heterocycles. The molecule has 0 saturated heterocycles. The molecule has 0 spiro atoms. The lowest BCUT2D eigenvalue weighted by Crippen LogP contribution is -2.39. The van der Waals surface area contributed by atoms with Gasteiger partial charge in [0, 0.05) is 25.6 Å². The van der Waals surface area contributed by atoms with Gasteiger partial charge < -0.3 is 20.5 Å². The van der Waals surface area contributed by atoms with Crippen LogP contribution in [0.2, 0.25) is 0 Å². The summed E-state index contributed by atoms with van der Waals surface area (Å²) >= 11 is 0. The largest absolute Gasteiger partial charge is 0.382 e. The smallest absolute Gasteiger partial charge is 0.221 e. The summed E-state index contributed by atoms with van der Waals surface area (Å²) in [6.45, 7) is 5.78. The van der Waals surface area contributed by atoms with Crippen LogP contribution in [0, 0.1) is 0 Å². The van der Waals surface area contributed by atoms with Gasteiger partial charge in [0.15, 0.2) is 0 Å². The SMILES string of the molecule is COCCOCCNC(=O)CC(C)(C)N. The second-order valence-electron chi connectivity index (χ2n) is 4.12. The van der Waals surface area contributed by atoms with Gasteiger partial charge in [0.2, 0.25) is 5.91 Å². The average molecular weight is 218 g/mol. The highest BCUT2D eigenvalue weighted by molar-refractivity contribution is 5.76. The van der Waals surface area contributed by atoms with Crippen LogP contribution in [0.1, 0.15) is 20.3 Å². The Kier molecular flexibility index (Phi) is 7.29. The third kappa shape index (κ3) is 11.3. The molecule has 3 N–H and O–H groups in total. The van der Waals surface area contributed by atoms with Crippen molar-refractivity contribution in [1.29, 1.82) is 0 Å². The summed E-state index contributed by atoms with van der Waals surface area (Å²) < 4.78 is 9.99. The first kappa shape index (κ1) is 14.3. The lowest BCUT2D eigenvalue weighted by molar-refractivity contribution is -0.122. The van der Waals surface area contributed by atoms with E-state index in [1.54, 1.807) is 7.11 Å². The summed E-state index contributed by atoms with van der Waals surface area (Å²) in [5.74, 6) is -0.0437. The van der Waals surface area contributed by atoms with Crippen LogP contribution in [-0.4, -0.2) is 44.9 Å². The van der Waals surface area contributed by atoms with Gasteiger partial charge >= 0.3 is 0 Å². The fraction of sp³-hybridized carbons (Fsp3) is 0.900. The quantitative estimate of drug-likeness (QED) is 0.558. The molecule has 0 aliphatic carbocycles. The first-order valence-electron chi connectivity index (χ1n) is 5.08. The molecular formula is C10H22N2O3. The predicted octanol–water partition coefficient (Wildman–Crippen LogP) is -0.107. The molecule has 0 atom stereocenters. The Morgan fingerprint density at radius 1 is 1.33 bits per heavy atom. The number of nitrogens with one attached hydrogen (secondary N) is 1. The van der Waals surface area contributed by atoms with Crippen molar-refractivity contribution < 1.29 is 14.3 Å². The molecule has 0 rings (SSSR count). The van der Waals surface area contributed by atoms with E-state index in [4.69, 9.17) is 15.2 Å². The van der Waals surface area contributed by atoms with Gasteiger partial charge in [-0.05, 0) is 13.8 Å². The van der Waals surface area contributed by atoms with Crippen molar-refractivity contribution >= 4 is 5.91 Å². The first-order valence-corrected chi connectivity index (χ1v) is 5.08. The molecule has 0 aliphatic rings. The van der Waals surface area contributed by atoms with E-state index in [1.165, 1.54) is 0 Å². The number of hydrogen-bond donors (Lipinski definition) is 2. The zero-order chi connectivity index (χ0) is 11.7. The predicted molar refractivity (Wildman–Crippen MR) is 58.6 cm³/mol. The number of rotatable bonds is 8. The molecule has 5 heteroatoms. The molecule has 15 heavy (non-hydrogen) atoms. The molecule has 0 radical (unpaired) electrons. The molecule has 0 unspecified atom stereocenters. The highest BCUT2D eigenvalue weighted by Crippen LogP contribution is 2.01. The number of methoxy groups -OCH3 is 1. The summed E-state index contributed by atoms with van der Waals surface area (Å²) in [6.07, 6.45) is 0.324. The Labute approximate surface area is 91.3 Å². The molecule has 0 aromatic carbocycles. The topological polar surface area (TPSA) is 73.6 Å². The molecule has 1 amide bonds. The maximum atomic E-state index is 11.3. The van der Waals surface area contributed by atoms with Crippen LogP contribution in [0.15, 0.2) is 0 Å². The van der Waals surface area contributed by atoms with Gasteiger partial charge in [0.25, 0.3) is 0 Å². The summed E-state index contributed by atoms with van der Waals surface area (Å²) in [5, 5.41) is 2.73. The summed E-state index contributed by atoms with van der Waals surface area (Å²) in [6, 6.07) is 0. The second kappa shape index (κ2) is 7.62. The number of ether oxygens (including phenoxy) is 2. The van der Waals surface area contributed by atoms with Crippen molar-refractivity contribution in [3.63, 3.8) is 0 Å². The lowest BCUT2D eigenvalue weighted by atomic mass is 10.0. The Morgan fingerprint density at radius 3 is 2.53 bits per heavy atom. The number of amides is 1. The van der Waals surface area contributed by atoms with E-state index in [1.807, 2.05) is 13.8 Å². The van der Waals surface area contributed by atoms with Gasteiger partial charge in [-0.1, -0.05) is 0 Å². The van der Waals surface area contributed by atoms with Gasteiger partial charge in [0.1, 0.15) is 0 Å². The minimum atomic E-state index is -0.457. The fourth-order valence-electron chi connectivity index (χ4n) is 0.983. The molecule has 5 nitrogen and oxygen atoms in total. The molecule has 0 aromatic heterocycles. The number of nitrogens with two attached hydrogens (primary N) is 1. The first-order chi connectivity index (χ1) is 6.95. The van der Waals surface area contributed by atoms with Crippen molar-refractivity contribution in [3.05, 3.63) is 0 Å². The van der Waals surface area contributed by atoms with Crippen molar-refractivity contribution in [3.8, 4) is 0 Å². The van der Waals surface area contributed by atoms with Crippen LogP contribution in [-0.2, 0) is 14.3 Å². The van der Waals surface area contributed by atoms with Crippen LogP contribution >= 0.6 is 0 Å². The Balaban J connectivity index is 3.32. The van der Waals surface area contributed by atoms with E-state index in [9.17, 15) is 4.79 Å². The monoisotopic (exact) mass is 218 g/mol. The molecule has 0 aliphatic heterocycles. The van der Waals surface area contributed by atoms with Gasteiger partial charge in [-0.25, -0.2) is 0 Å². The van der Waals surface area contributed by atoms with E-state index >= 15 is 0 Å². The lowest BCUT2D eigenvalue weighted by Gasteiger charge is -2.17. The van der Waals surface area contributed by atoms with Gasteiger partial charge in [-0.3, -0.25) is 4.79 Å². The van der Waals surface area contributed by atoms with Gasteiger partial charge in [0.05, 0.1) is 19.8 Å². The highest BCUT2D eigenvalue weighted by Gasteiger charge is 2.15. The van der Waals surface area contributed by atoms with E-state index in [0.717, 1.165) is 0 Å². The molecular weight excluding hydrogens is 196 g/mol. The highest BCUT2D eigenvalue weighted by atomic mass is 16.5. The zero-order valence-electron chi connectivity index (χ0n) is 9.84. The fourth-order valence-corrected chi connectivity index (χ4v) is 0.983. The molecule has 0 bridgehead atoms. The minimum Gasteiger partial charge on any atom is -0.382 e. The van der Waals surface area contributed by atoms with Crippen LogP contribution in [0.5, 0.6) is 0 Å². The number of hydrogen-bond acceptors (Lipinski definition) is 4. The van der Waals surface area contributed by atoms with E-state index < -0.39 is 5.54 Å². The molecule has 90 valence electrons. The van der Waals surface area contributed by atoms with Gasteiger partial charge in [-0.15, -0.1) is 0 Å². The third-order valence-corrected chi connectivity index (χ3v) is 1.62. The summed E-state index contributed by atoms with van der Waals surface area (Å²) in [7, 11) is 1.62. The van der Waals surface area contributed by atoms with Crippen LogP contribution in [0.25, 0.3) is 0 Å². The minimum absolute atomic E-state index is 0.0437. The maximum absolute atomic E-state index is 11.3. The Morgan fingerprint density at radius 2 is 2.00 bits per heavy atom. The van der Waals surface area contributed by atoms with Crippen molar-refractivity contribution in [1.82, 2.24) is 5.32 Å². The average Bonchev–Trinajstić information content (AvgIpc) is 2.08. The zero-order valence-corrected chi connectivity index (χ0v) is 9.84. The van der Waals surface area contributed by atoms with E-state index in [2.05, 4.69) is 5.32 Å². The molecule has 0 aromatic rings. The second-order valence-corrected chi connectivity index (χ2v) is 4.12. The number of carbonyl (C=O) groups excluding carboxylic acids is 1. The standard InChI is InChI=1S/C10H22N2O3/c1-10(2,11)8-9(13)12-4-5-15-7-6-14-3/h4-8,11H2,1-3H3,(H,12,13). The summed E-state index contributed by atoms with van der Waals surface area (Å²) in [5.41, 5.74) is 5.24. The molecule has 0 saturated carbocycles. The van der Waals surface area contributed by atoms with E-state index in [-0.39, 0.29) is 5.91 Å². The van der Waals surface area contributed by atoms with Gasteiger partial charge in [-0.2, -0.15) is 0 Å². The van der Waals surface area contributed by atoms with Crippen molar-refractivity contribution in [2.75, 3.05) is 33.5 Å². The van der Waals surface area contributed by atoms with E-state index in [0.29, 0.717) is 32.8 Å². The Bertz CT molecular complexity index is 178.